The molecule has 1 aromatic heterocycles. The van der Waals surface area contributed by atoms with Crippen LogP contribution in [0, 0.1) is 6.92 Å². The Balaban J connectivity index is 2.31. The number of hydrogen-bond acceptors (Lipinski definition) is 5. The van der Waals surface area contributed by atoms with E-state index in [-0.39, 0.29) is 0 Å². The predicted molar refractivity (Wildman–Crippen MR) is 84.9 cm³/mol. The average molecular weight is 337 g/mol. The fourth-order valence-electron chi connectivity index (χ4n) is 1.67. The summed E-state index contributed by atoms with van der Waals surface area (Å²) in [5.41, 5.74) is 1.87. The maximum absolute atomic E-state index is 5.23. The maximum atomic E-state index is 5.23. The second kappa shape index (κ2) is 6.56. The molecule has 6 heteroatoms. The van der Waals surface area contributed by atoms with E-state index in [1.165, 1.54) is 0 Å². The molecule has 0 amide bonds. The monoisotopic (exact) mass is 336 g/mol. The molecule has 106 valence electrons. The largest absolute Gasteiger partial charge is 0.497 e. The lowest BCUT2D eigenvalue weighted by Crippen LogP contribution is -2.05. The van der Waals surface area contributed by atoms with Crippen molar-refractivity contribution >= 4 is 33.4 Å². The van der Waals surface area contributed by atoms with Crippen LogP contribution in [-0.4, -0.2) is 23.6 Å². The first-order valence-electron chi connectivity index (χ1n) is 6.32. The van der Waals surface area contributed by atoms with Gasteiger partial charge in [0.05, 0.1) is 12.8 Å². The Hall–Kier alpha value is -1.82. The van der Waals surface area contributed by atoms with Crippen molar-refractivity contribution in [3.8, 4) is 5.75 Å². The minimum Gasteiger partial charge on any atom is -0.497 e. The number of hydrogen-bond donors (Lipinski definition) is 2. The molecule has 0 aliphatic rings. The zero-order chi connectivity index (χ0) is 14.5. The zero-order valence-electron chi connectivity index (χ0n) is 11.7. The number of halogens is 1. The van der Waals surface area contributed by atoms with Gasteiger partial charge in [0.15, 0.2) is 0 Å². The van der Waals surface area contributed by atoms with E-state index in [0.29, 0.717) is 5.95 Å². The summed E-state index contributed by atoms with van der Waals surface area (Å²) in [7, 11) is 1.65. The lowest BCUT2D eigenvalue weighted by molar-refractivity contribution is 0.415. The van der Waals surface area contributed by atoms with E-state index in [9.17, 15) is 0 Å². The van der Waals surface area contributed by atoms with Crippen molar-refractivity contribution in [2.24, 2.45) is 0 Å². The summed E-state index contributed by atoms with van der Waals surface area (Å²) in [6.07, 6.45) is 1.79. The molecule has 0 spiro atoms. The number of ether oxygens (including phenoxy) is 1. The number of methoxy groups -OCH3 is 1. The lowest BCUT2D eigenvalue weighted by atomic mass is 10.3. The summed E-state index contributed by atoms with van der Waals surface area (Å²) in [6.45, 7) is 4.76. The highest BCUT2D eigenvalue weighted by Crippen LogP contribution is 2.30. The van der Waals surface area contributed by atoms with Gasteiger partial charge in [-0.3, -0.25) is 0 Å². The van der Waals surface area contributed by atoms with Crippen LogP contribution in [0.2, 0.25) is 0 Å². The van der Waals surface area contributed by atoms with E-state index in [2.05, 4.69) is 36.5 Å². The highest BCUT2D eigenvalue weighted by atomic mass is 79.9. The number of benzene rings is 1. The van der Waals surface area contributed by atoms with E-state index in [4.69, 9.17) is 4.74 Å². The van der Waals surface area contributed by atoms with Crippen LogP contribution in [-0.2, 0) is 0 Å². The summed E-state index contributed by atoms with van der Waals surface area (Å²) in [5, 5.41) is 6.40. The van der Waals surface area contributed by atoms with Gasteiger partial charge in [-0.2, -0.15) is 4.98 Å². The Morgan fingerprint density at radius 2 is 2.15 bits per heavy atom. The topological polar surface area (TPSA) is 59.1 Å². The van der Waals surface area contributed by atoms with Gasteiger partial charge in [0, 0.05) is 28.8 Å². The second-order valence-corrected chi connectivity index (χ2v) is 5.08. The van der Waals surface area contributed by atoms with E-state index in [0.717, 1.165) is 33.8 Å². The molecular formula is C14H17BrN4O. The second-order valence-electron chi connectivity index (χ2n) is 4.23. The van der Waals surface area contributed by atoms with Gasteiger partial charge in [0.25, 0.3) is 0 Å². The molecule has 2 rings (SSSR count). The Labute approximate surface area is 126 Å². The molecule has 0 atom stereocenters. The van der Waals surface area contributed by atoms with Gasteiger partial charge in [-0.05, 0) is 41.9 Å². The number of anilines is 3. The SMILES string of the molecule is CCNc1ncc(C)c(Nc2cc(OC)ccc2Br)n1. The van der Waals surface area contributed by atoms with Gasteiger partial charge in [-0.1, -0.05) is 0 Å². The Bertz CT molecular complexity index is 604. The van der Waals surface area contributed by atoms with Crippen molar-refractivity contribution in [3.63, 3.8) is 0 Å². The third-order valence-electron chi connectivity index (χ3n) is 2.73. The standard InChI is InChI=1S/C14H17BrN4O/c1-4-16-14-17-8-9(2)13(19-14)18-12-7-10(20-3)5-6-11(12)15/h5-8H,4H2,1-3H3,(H2,16,17,18,19). The molecule has 1 heterocycles. The van der Waals surface area contributed by atoms with E-state index in [1.807, 2.05) is 32.0 Å². The predicted octanol–water partition coefficient (Wildman–Crippen LogP) is 3.73. The third kappa shape index (κ3) is 3.39. The van der Waals surface area contributed by atoms with Crippen molar-refractivity contribution in [1.82, 2.24) is 9.97 Å². The Morgan fingerprint density at radius 1 is 1.35 bits per heavy atom. The van der Waals surface area contributed by atoms with Crippen LogP contribution in [0.5, 0.6) is 5.75 Å². The molecular weight excluding hydrogens is 320 g/mol. The molecule has 0 radical (unpaired) electrons. The molecule has 0 saturated heterocycles. The normalized spacial score (nSPS) is 10.2. The molecule has 5 nitrogen and oxygen atoms in total. The van der Waals surface area contributed by atoms with E-state index >= 15 is 0 Å². The maximum Gasteiger partial charge on any atom is 0.224 e. The van der Waals surface area contributed by atoms with Gasteiger partial charge in [-0.25, -0.2) is 4.98 Å². The molecule has 0 saturated carbocycles. The van der Waals surface area contributed by atoms with Crippen LogP contribution in [0.25, 0.3) is 0 Å². The molecule has 20 heavy (non-hydrogen) atoms. The number of aromatic nitrogens is 2. The van der Waals surface area contributed by atoms with Crippen LogP contribution in [0.15, 0.2) is 28.9 Å². The molecule has 2 aromatic rings. The van der Waals surface area contributed by atoms with Crippen molar-refractivity contribution in [2.75, 3.05) is 24.3 Å². The minimum absolute atomic E-state index is 0.611. The highest BCUT2D eigenvalue weighted by Gasteiger charge is 2.07. The van der Waals surface area contributed by atoms with Crippen LogP contribution >= 0.6 is 15.9 Å². The van der Waals surface area contributed by atoms with E-state index in [1.54, 1.807) is 13.3 Å². The lowest BCUT2D eigenvalue weighted by Gasteiger charge is -2.12. The highest BCUT2D eigenvalue weighted by molar-refractivity contribution is 9.10. The quantitative estimate of drug-likeness (QED) is 0.871. The van der Waals surface area contributed by atoms with Crippen LogP contribution < -0.4 is 15.4 Å². The van der Waals surface area contributed by atoms with Crippen LogP contribution in [0.1, 0.15) is 12.5 Å². The number of nitrogens with one attached hydrogen (secondary N) is 2. The van der Waals surface area contributed by atoms with Gasteiger partial charge in [0.2, 0.25) is 5.95 Å². The molecule has 0 bridgehead atoms. The summed E-state index contributed by atoms with van der Waals surface area (Å²) in [5.74, 6) is 2.17. The van der Waals surface area contributed by atoms with Crippen molar-refractivity contribution in [1.29, 1.82) is 0 Å². The van der Waals surface area contributed by atoms with Crippen molar-refractivity contribution in [2.45, 2.75) is 13.8 Å². The van der Waals surface area contributed by atoms with Gasteiger partial charge in [-0.15, -0.1) is 0 Å². The van der Waals surface area contributed by atoms with Crippen molar-refractivity contribution < 1.29 is 4.74 Å². The molecule has 0 fully saturated rings. The number of rotatable bonds is 5. The zero-order valence-corrected chi connectivity index (χ0v) is 13.3. The summed E-state index contributed by atoms with van der Waals surface area (Å²) < 4.78 is 6.18. The molecule has 0 aliphatic carbocycles. The fourth-order valence-corrected chi connectivity index (χ4v) is 2.01. The first-order chi connectivity index (χ1) is 9.63. The Morgan fingerprint density at radius 3 is 2.85 bits per heavy atom. The Kier molecular flexibility index (Phi) is 4.79. The first kappa shape index (κ1) is 14.6. The van der Waals surface area contributed by atoms with E-state index < -0.39 is 0 Å². The molecule has 2 N–H and O–H groups in total. The van der Waals surface area contributed by atoms with Gasteiger partial charge < -0.3 is 15.4 Å². The van der Waals surface area contributed by atoms with Crippen molar-refractivity contribution in [3.05, 3.63) is 34.4 Å². The first-order valence-corrected chi connectivity index (χ1v) is 7.11. The number of nitrogens with zero attached hydrogens (tertiary/aromatic N) is 2. The summed E-state index contributed by atoms with van der Waals surface area (Å²) in [4.78, 5) is 8.69. The summed E-state index contributed by atoms with van der Waals surface area (Å²) >= 11 is 3.51. The molecule has 0 aliphatic heterocycles. The van der Waals surface area contributed by atoms with Crippen LogP contribution in [0.3, 0.4) is 0 Å². The molecule has 0 unspecified atom stereocenters. The third-order valence-corrected chi connectivity index (χ3v) is 3.42. The minimum atomic E-state index is 0.611. The fraction of sp³-hybridized carbons (Fsp3) is 0.286. The summed E-state index contributed by atoms with van der Waals surface area (Å²) in [6, 6.07) is 5.74. The molecule has 1 aromatic carbocycles. The average Bonchev–Trinajstić information content (AvgIpc) is 2.45. The van der Waals surface area contributed by atoms with Gasteiger partial charge in [0.1, 0.15) is 11.6 Å². The van der Waals surface area contributed by atoms with Crippen LogP contribution in [0.4, 0.5) is 17.5 Å². The number of aryl methyl sites for hydroxylation is 1. The van der Waals surface area contributed by atoms with Gasteiger partial charge >= 0.3 is 0 Å². The smallest absolute Gasteiger partial charge is 0.224 e.